The molecule has 4 nitrogen and oxygen atoms in total. The van der Waals surface area contributed by atoms with Crippen LogP contribution in [-0.2, 0) is 0 Å². The first kappa shape index (κ1) is 15.1. The van der Waals surface area contributed by atoms with E-state index in [0.717, 1.165) is 32.5 Å². The topological polar surface area (TPSA) is 52.6 Å². The van der Waals surface area contributed by atoms with E-state index >= 15 is 0 Å². The zero-order chi connectivity index (χ0) is 14.5. The van der Waals surface area contributed by atoms with Gasteiger partial charge in [0, 0.05) is 13.1 Å². The van der Waals surface area contributed by atoms with Crippen molar-refractivity contribution in [3.8, 4) is 5.75 Å². The molecule has 20 heavy (non-hydrogen) atoms. The number of hydrogen-bond donors (Lipinski definition) is 2. The predicted molar refractivity (Wildman–Crippen MR) is 80.3 cm³/mol. The molecule has 1 aromatic carbocycles. The lowest BCUT2D eigenvalue weighted by Gasteiger charge is -2.29. The number of hydrogen-bond acceptors (Lipinski definition) is 3. The fourth-order valence-corrected chi connectivity index (χ4v) is 2.78. The second kappa shape index (κ2) is 6.95. The van der Waals surface area contributed by atoms with E-state index < -0.39 is 0 Å². The Morgan fingerprint density at radius 2 is 2.15 bits per heavy atom. The Kier molecular flexibility index (Phi) is 5.26. The molecule has 0 saturated carbocycles. The van der Waals surface area contributed by atoms with Crippen LogP contribution in [0.4, 0.5) is 0 Å². The van der Waals surface area contributed by atoms with Gasteiger partial charge < -0.3 is 15.3 Å². The summed E-state index contributed by atoms with van der Waals surface area (Å²) in [5.74, 6) is 0.499. The zero-order valence-electron chi connectivity index (χ0n) is 11.7. The summed E-state index contributed by atoms with van der Waals surface area (Å²) in [6.07, 6.45) is 2.19. The number of halogens is 1. The molecule has 1 heterocycles. The number of nitrogens with one attached hydrogen (secondary N) is 1. The van der Waals surface area contributed by atoms with E-state index in [1.807, 2.05) is 11.8 Å². The normalized spacial score (nSPS) is 16.1. The molecule has 2 N–H and O–H groups in total. The molecule has 5 heteroatoms. The van der Waals surface area contributed by atoms with E-state index in [0.29, 0.717) is 23.0 Å². The molecule has 1 aromatic rings. The molecule has 1 fully saturated rings. The molecule has 0 aromatic heterocycles. The minimum Gasteiger partial charge on any atom is -0.508 e. The molecule has 0 atom stereocenters. The second-order valence-electron chi connectivity index (χ2n) is 5.20. The molecule has 0 spiro atoms. The summed E-state index contributed by atoms with van der Waals surface area (Å²) in [5, 5.41) is 13.2. The molecule has 1 aliphatic heterocycles. The Morgan fingerprint density at radius 3 is 2.80 bits per heavy atom. The van der Waals surface area contributed by atoms with Gasteiger partial charge in [0.1, 0.15) is 5.75 Å². The molecule has 0 unspecified atom stereocenters. The highest BCUT2D eigenvalue weighted by atomic mass is 35.5. The van der Waals surface area contributed by atoms with E-state index in [-0.39, 0.29) is 11.7 Å². The van der Waals surface area contributed by atoms with Gasteiger partial charge in [0.2, 0.25) is 0 Å². The number of aromatic hydroxyl groups is 1. The number of amides is 1. The molecule has 1 saturated heterocycles. The first-order chi connectivity index (χ1) is 9.61. The van der Waals surface area contributed by atoms with Gasteiger partial charge >= 0.3 is 0 Å². The average Bonchev–Trinajstić information content (AvgIpc) is 2.47. The van der Waals surface area contributed by atoms with Crippen molar-refractivity contribution >= 4 is 17.5 Å². The van der Waals surface area contributed by atoms with Crippen molar-refractivity contribution in [1.29, 1.82) is 0 Å². The molecule has 1 amide bonds. The number of benzene rings is 1. The van der Waals surface area contributed by atoms with Crippen molar-refractivity contribution in [2.75, 3.05) is 26.2 Å². The highest BCUT2D eigenvalue weighted by molar-refractivity contribution is 6.33. The van der Waals surface area contributed by atoms with E-state index in [9.17, 15) is 9.90 Å². The largest absolute Gasteiger partial charge is 0.508 e. The summed E-state index contributed by atoms with van der Waals surface area (Å²) in [7, 11) is 0. The Labute approximate surface area is 124 Å². The van der Waals surface area contributed by atoms with E-state index in [1.165, 1.54) is 12.1 Å². The maximum absolute atomic E-state index is 12.5. The fourth-order valence-electron chi connectivity index (χ4n) is 2.58. The molecular weight excluding hydrogens is 276 g/mol. The summed E-state index contributed by atoms with van der Waals surface area (Å²) in [6, 6.07) is 4.49. The van der Waals surface area contributed by atoms with E-state index in [2.05, 4.69) is 5.32 Å². The highest BCUT2D eigenvalue weighted by Crippen LogP contribution is 2.23. The maximum atomic E-state index is 12.5. The SMILES string of the molecule is CCN(CC1CCNCC1)C(=O)c1cc(O)ccc1Cl. The maximum Gasteiger partial charge on any atom is 0.255 e. The Hall–Kier alpha value is -1.26. The quantitative estimate of drug-likeness (QED) is 0.897. The third-order valence-corrected chi connectivity index (χ3v) is 4.12. The van der Waals surface area contributed by atoms with Crippen molar-refractivity contribution in [3.05, 3.63) is 28.8 Å². The third-order valence-electron chi connectivity index (χ3n) is 3.79. The zero-order valence-corrected chi connectivity index (χ0v) is 12.5. The van der Waals surface area contributed by atoms with Gasteiger partial charge in [0.15, 0.2) is 0 Å². The molecule has 0 radical (unpaired) electrons. The van der Waals surface area contributed by atoms with Crippen molar-refractivity contribution in [3.63, 3.8) is 0 Å². The lowest BCUT2D eigenvalue weighted by Crippen LogP contribution is -2.39. The van der Waals surface area contributed by atoms with Crippen LogP contribution in [0.15, 0.2) is 18.2 Å². The predicted octanol–water partition coefficient (Wildman–Crippen LogP) is 2.51. The number of nitrogens with zero attached hydrogens (tertiary/aromatic N) is 1. The van der Waals surface area contributed by atoms with Crippen molar-refractivity contribution in [2.24, 2.45) is 5.92 Å². The van der Waals surface area contributed by atoms with Crippen LogP contribution in [0, 0.1) is 5.92 Å². The Balaban J connectivity index is 2.09. The molecule has 0 bridgehead atoms. The second-order valence-corrected chi connectivity index (χ2v) is 5.61. The lowest BCUT2D eigenvalue weighted by molar-refractivity contribution is 0.0726. The van der Waals surface area contributed by atoms with Crippen molar-refractivity contribution in [1.82, 2.24) is 10.2 Å². The van der Waals surface area contributed by atoms with Gasteiger partial charge in [-0.25, -0.2) is 0 Å². The molecule has 110 valence electrons. The minimum atomic E-state index is -0.105. The fraction of sp³-hybridized carbons (Fsp3) is 0.533. The van der Waals surface area contributed by atoms with E-state index in [1.54, 1.807) is 6.07 Å². The summed E-state index contributed by atoms with van der Waals surface area (Å²) >= 11 is 6.07. The number of carbonyl (C=O) groups excluding carboxylic acids is 1. The van der Waals surface area contributed by atoms with Gasteiger partial charge in [-0.15, -0.1) is 0 Å². The first-order valence-corrected chi connectivity index (χ1v) is 7.48. The van der Waals surface area contributed by atoms with Crippen LogP contribution in [0.3, 0.4) is 0 Å². The van der Waals surface area contributed by atoms with Crippen LogP contribution in [0.1, 0.15) is 30.1 Å². The van der Waals surface area contributed by atoms with Crippen LogP contribution in [0.2, 0.25) is 5.02 Å². The van der Waals surface area contributed by atoms with Crippen LogP contribution in [0.25, 0.3) is 0 Å². The average molecular weight is 297 g/mol. The summed E-state index contributed by atoms with van der Waals surface area (Å²) in [6.45, 7) is 5.40. The summed E-state index contributed by atoms with van der Waals surface area (Å²) in [5.41, 5.74) is 0.377. The van der Waals surface area contributed by atoms with Crippen molar-refractivity contribution < 1.29 is 9.90 Å². The van der Waals surface area contributed by atoms with Crippen LogP contribution < -0.4 is 5.32 Å². The number of rotatable bonds is 4. The number of phenolic OH excluding ortho intramolecular Hbond substituents is 1. The monoisotopic (exact) mass is 296 g/mol. The number of carbonyl (C=O) groups is 1. The van der Waals surface area contributed by atoms with Gasteiger partial charge in [0.05, 0.1) is 10.6 Å². The molecular formula is C15H21ClN2O2. The highest BCUT2D eigenvalue weighted by Gasteiger charge is 2.22. The Bertz CT molecular complexity index is 473. The molecule has 2 rings (SSSR count). The van der Waals surface area contributed by atoms with Gasteiger partial charge in [-0.3, -0.25) is 4.79 Å². The van der Waals surface area contributed by atoms with Crippen LogP contribution in [-0.4, -0.2) is 42.1 Å². The summed E-state index contributed by atoms with van der Waals surface area (Å²) < 4.78 is 0. The standard InChI is InChI=1S/C15H21ClN2O2/c1-2-18(10-11-5-7-17-8-6-11)15(20)13-9-12(19)3-4-14(13)16/h3-4,9,11,17,19H,2,5-8,10H2,1H3. The minimum absolute atomic E-state index is 0.0654. The lowest BCUT2D eigenvalue weighted by atomic mass is 9.97. The van der Waals surface area contributed by atoms with Gasteiger partial charge in [-0.1, -0.05) is 11.6 Å². The molecule has 1 aliphatic rings. The van der Waals surface area contributed by atoms with Gasteiger partial charge in [0.25, 0.3) is 5.91 Å². The smallest absolute Gasteiger partial charge is 0.255 e. The molecule has 0 aliphatic carbocycles. The summed E-state index contributed by atoms with van der Waals surface area (Å²) in [4.78, 5) is 14.4. The van der Waals surface area contributed by atoms with Gasteiger partial charge in [-0.2, -0.15) is 0 Å². The van der Waals surface area contributed by atoms with Gasteiger partial charge in [-0.05, 0) is 57.0 Å². The van der Waals surface area contributed by atoms with Crippen LogP contribution >= 0.6 is 11.6 Å². The first-order valence-electron chi connectivity index (χ1n) is 7.10. The number of piperidine rings is 1. The van der Waals surface area contributed by atoms with Crippen molar-refractivity contribution in [2.45, 2.75) is 19.8 Å². The third kappa shape index (κ3) is 3.64. The van der Waals surface area contributed by atoms with Crippen LogP contribution in [0.5, 0.6) is 5.75 Å². The Morgan fingerprint density at radius 1 is 1.45 bits per heavy atom. The van der Waals surface area contributed by atoms with E-state index in [4.69, 9.17) is 11.6 Å². The number of phenols is 1.